The number of likely N-dealkylation sites (N-methyl/N-ethyl adjacent to an activating group) is 1. The molecule has 36 heavy (non-hydrogen) atoms. The molecule has 0 radical (unpaired) electrons. The van der Waals surface area contributed by atoms with Gasteiger partial charge in [0.15, 0.2) is 0 Å². The Morgan fingerprint density at radius 3 is 2.42 bits per heavy atom. The number of alkyl halides is 3. The highest BCUT2D eigenvalue weighted by Gasteiger charge is 2.38. The first-order valence-corrected chi connectivity index (χ1v) is 13.8. The lowest BCUT2D eigenvalue weighted by Gasteiger charge is -2.37. The standard InChI is InChI=1S/C20H33BrN4O3S.C2HF3O2/c1-20(2,14-24(3)4)23-29(26,27)18-11-16(21)12-22-19(18)25-9-10-28-17(13-25)15-7-5-6-8-15;3-2(4,5)1(6)7/h11-12,15,17,23H,5-10,13-14H2,1-4H3;(H,6,7). The summed E-state index contributed by atoms with van der Waals surface area (Å²) in [5.41, 5.74) is -0.612. The molecule has 1 unspecified atom stereocenters. The van der Waals surface area contributed by atoms with E-state index in [9.17, 15) is 21.6 Å². The number of halogens is 4. The van der Waals surface area contributed by atoms with Crippen LogP contribution in [0.4, 0.5) is 19.0 Å². The number of sulfonamides is 1. The first kappa shape index (κ1) is 30.7. The van der Waals surface area contributed by atoms with Crippen molar-refractivity contribution in [2.24, 2.45) is 5.92 Å². The zero-order valence-corrected chi connectivity index (χ0v) is 23.2. The normalized spacial score (nSPS) is 19.8. The molecule has 0 spiro atoms. The third-order valence-electron chi connectivity index (χ3n) is 5.77. The molecule has 1 aliphatic heterocycles. The Bertz CT molecular complexity index is 1000. The summed E-state index contributed by atoms with van der Waals surface area (Å²) in [4.78, 5) is 17.7. The number of aromatic nitrogens is 1. The van der Waals surface area contributed by atoms with Crippen molar-refractivity contribution >= 4 is 37.7 Å². The van der Waals surface area contributed by atoms with Gasteiger partial charge in [0, 0.05) is 35.8 Å². The molecule has 2 fully saturated rings. The third-order valence-corrected chi connectivity index (χ3v) is 7.91. The number of morpholine rings is 1. The van der Waals surface area contributed by atoms with Crippen LogP contribution in [-0.2, 0) is 19.6 Å². The van der Waals surface area contributed by atoms with E-state index in [4.69, 9.17) is 14.6 Å². The number of nitrogens with one attached hydrogen (secondary N) is 1. The Balaban J connectivity index is 0.000000572. The molecule has 1 saturated carbocycles. The van der Waals surface area contributed by atoms with Gasteiger partial charge < -0.3 is 19.6 Å². The van der Waals surface area contributed by atoms with Gasteiger partial charge in [0.1, 0.15) is 10.7 Å². The van der Waals surface area contributed by atoms with Crippen molar-refractivity contribution in [3.05, 3.63) is 16.7 Å². The molecular formula is C22H34BrF3N4O5S. The predicted molar refractivity (Wildman–Crippen MR) is 132 cm³/mol. The molecule has 14 heteroatoms. The van der Waals surface area contributed by atoms with Gasteiger partial charge in [-0.2, -0.15) is 13.2 Å². The van der Waals surface area contributed by atoms with Crippen LogP contribution in [0.5, 0.6) is 0 Å². The molecule has 0 bridgehead atoms. The molecule has 3 rings (SSSR count). The van der Waals surface area contributed by atoms with E-state index in [1.165, 1.54) is 25.7 Å². The summed E-state index contributed by atoms with van der Waals surface area (Å²) in [5, 5.41) is 7.12. The second-order valence-corrected chi connectivity index (χ2v) is 12.5. The lowest BCUT2D eigenvalue weighted by Crippen LogP contribution is -2.50. The summed E-state index contributed by atoms with van der Waals surface area (Å²) in [6.45, 7) is 6.29. The number of pyridine rings is 1. The second-order valence-electron chi connectivity index (χ2n) is 9.91. The van der Waals surface area contributed by atoms with E-state index in [-0.39, 0.29) is 11.0 Å². The average Bonchev–Trinajstić information content (AvgIpc) is 3.27. The van der Waals surface area contributed by atoms with Crippen molar-refractivity contribution in [2.45, 2.75) is 62.2 Å². The molecular weight excluding hydrogens is 569 g/mol. The molecule has 1 aliphatic carbocycles. The van der Waals surface area contributed by atoms with E-state index in [2.05, 4.69) is 30.5 Å². The summed E-state index contributed by atoms with van der Waals surface area (Å²) in [6.07, 6.45) is 1.62. The minimum atomic E-state index is -5.08. The van der Waals surface area contributed by atoms with E-state index in [1.807, 2.05) is 32.8 Å². The Morgan fingerprint density at radius 1 is 1.31 bits per heavy atom. The van der Waals surface area contributed by atoms with Crippen LogP contribution in [0.15, 0.2) is 21.6 Å². The van der Waals surface area contributed by atoms with Crippen LogP contribution in [0.25, 0.3) is 0 Å². The Labute approximate surface area is 218 Å². The van der Waals surface area contributed by atoms with Crippen LogP contribution < -0.4 is 9.62 Å². The van der Waals surface area contributed by atoms with Crippen LogP contribution >= 0.6 is 15.9 Å². The van der Waals surface area contributed by atoms with Crippen molar-refractivity contribution in [1.82, 2.24) is 14.6 Å². The maximum atomic E-state index is 13.3. The number of hydrogen-bond donors (Lipinski definition) is 2. The van der Waals surface area contributed by atoms with E-state index in [0.29, 0.717) is 42.4 Å². The summed E-state index contributed by atoms with van der Waals surface area (Å²) < 4.78 is 68.0. The maximum Gasteiger partial charge on any atom is 0.490 e. The van der Waals surface area contributed by atoms with Crippen molar-refractivity contribution < 1.29 is 36.2 Å². The highest BCUT2D eigenvalue weighted by Crippen LogP contribution is 2.33. The van der Waals surface area contributed by atoms with Crippen LogP contribution in [0.3, 0.4) is 0 Å². The highest BCUT2D eigenvalue weighted by molar-refractivity contribution is 9.10. The van der Waals surface area contributed by atoms with Crippen molar-refractivity contribution in [2.75, 3.05) is 45.2 Å². The zero-order valence-electron chi connectivity index (χ0n) is 20.8. The van der Waals surface area contributed by atoms with Gasteiger partial charge >= 0.3 is 12.1 Å². The predicted octanol–water partition coefficient (Wildman–Crippen LogP) is 3.49. The van der Waals surface area contributed by atoms with Gasteiger partial charge in [0.25, 0.3) is 0 Å². The van der Waals surface area contributed by atoms with E-state index in [1.54, 1.807) is 12.3 Å². The van der Waals surface area contributed by atoms with E-state index >= 15 is 0 Å². The molecule has 2 heterocycles. The Kier molecular flexibility index (Phi) is 10.6. The fraction of sp³-hybridized carbons (Fsp3) is 0.727. The first-order valence-electron chi connectivity index (χ1n) is 11.5. The molecule has 0 amide bonds. The molecule has 2 aliphatic rings. The molecule has 1 atom stereocenters. The number of rotatable bonds is 7. The monoisotopic (exact) mass is 602 g/mol. The summed E-state index contributed by atoms with van der Waals surface area (Å²) in [6, 6.07) is 1.65. The number of hydrogen-bond acceptors (Lipinski definition) is 7. The molecule has 9 nitrogen and oxygen atoms in total. The molecule has 1 aromatic heterocycles. The van der Waals surface area contributed by atoms with Crippen LogP contribution in [-0.4, -0.2) is 87.5 Å². The fourth-order valence-electron chi connectivity index (χ4n) is 4.57. The van der Waals surface area contributed by atoms with Crippen LogP contribution in [0.1, 0.15) is 39.5 Å². The molecule has 0 aromatic carbocycles. The Morgan fingerprint density at radius 2 is 1.89 bits per heavy atom. The van der Waals surface area contributed by atoms with Crippen LogP contribution in [0.2, 0.25) is 0 Å². The SMILES string of the molecule is CN(C)CC(C)(C)NS(=O)(=O)c1cc(Br)cnc1N1CCOC(C2CCCC2)C1.O=C(O)C(F)(F)F. The Hall–Kier alpha value is -1.48. The van der Waals surface area contributed by atoms with Crippen LogP contribution in [0, 0.1) is 5.92 Å². The first-order chi connectivity index (χ1) is 16.5. The number of aliphatic carboxylic acids is 1. The average molecular weight is 604 g/mol. The van der Waals surface area contributed by atoms with Gasteiger partial charge in [0.05, 0.1) is 12.7 Å². The lowest BCUT2D eigenvalue weighted by atomic mass is 9.99. The topological polar surface area (TPSA) is 112 Å². The minimum absolute atomic E-state index is 0.144. The van der Waals surface area contributed by atoms with Gasteiger partial charge in [0.2, 0.25) is 10.0 Å². The molecule has 1 aromatic rings. The quantitative estimate of drug-likeness (QED) is 0.488. The number of anilines is 1. The summed E-state index contributed by atoms with van der Waals surface area (Å²) in [5.74, 6) is -1.69. The van der Waals surface area contributed by atoms with Gasteiger partial charge in [-0.25, -0.2) is 22.9 Å². The van der Waals surface area contributed by atoms with E-state index in [0.717, 1.165) is 0 Å². The number of carbonyl (C=O) groups is 1. The maximum absolute atomic E-state index is 13.3. The van der Waals surface area contributed by atoms with Gasteiger partial charge in [-0.3, -0.25) is 0 Å². The largest absolute Gasteiger partial charge is 0.490 e. The lowest BCUT2D eigenvalue weighted by molar-refractivity contribution is -0.192. The number of carboxylic acid groups (broad SMARTS) is 1. The van der Waals surface area contributed by atoms with Gasteiger partial charge in [-0.1, -0.05) is 12.8 Å². The number of carboxylic acids is 1. The summed E-state index contributed by atoms with van der Waals surface area (Å²) in [7, 11) is 0.105. The molecule has 2 N–H and O–H groups in total. The second kappa shape index (κ2) is 12.4. The van der Waals surface area contributed by atoms with Crippen molar-refractivity contribution in [3.8, 4) is 0 Å². The minimum Gasteiger partial charge on any atom is -0.475 e. The summed E-state index contributed by atoms with van der Waals surface area (Å²) >= 11 is 3.39. The van der Waals surface area contributed by atoms with Crippen molar-refractivity contribution in [1.29, 1.82) is 0 Å². The smallest absolute Gasteiger partial charge is 0.475 e. The van der Waals surface area contributed by atoms with E-state index < -0.39 is 27.7 Å². The van der Waals surface area contributed by atoms with Gasteiger partial charge in [-0.15, -0.1) is 0 Å². The van der Waals surface area contributed by atoms with Gasteiger partial charge in [-0.05, 0) is 68.7 Å². The fourth-order valence-corrected chi connectivity index (χ4v) is 6.66. The number of ether oxygens (including phenoxy) is 1. The zero-order chi connectivity index (χ0) is 27.3. The molecule has 1 saturated heterocycles. The highest BCUT2D eigenvalue weighted by atomic mass is 79.9. The number of nitrogens with zero attached hydrogens (tertiary/aromatic N) is 3. The van der Waals surface area contributed by atoms with Crippen molar-refractivity contribution in [3.63, 3.8) is 0 Å². The molecule has 206 valence electrons. The third kappa shape index (κ3) is 9.12.